The normalized spacial score (nSPS) is 22.0. The zero-order valence-electron chi connectivity index (χ0n) is 13.7. The first kappa shape index (κ1) is 17.4. The van der Waals surface area contributed by atoms with E-state index in [1.54, 1.807) is 0 Å². The minimum Gasteiger partial charge on any atom is -0.207 e. The molecular weight excluding hydrogens is 285 g/mol. The van der Waals surface area contributed by atoms with E-state index in [-0.39, 0.29) is 17.0 Å². The molecule has 1 fully saturated rings. The van der Waals surface area contributed by atoms with E-state index in [0.29, 0.717) is 5.92 Å². The summed E-state index contributed by atoms with van der Waals surface area (Å²) in [7, 11) is 0. The quantitative estimate of drug-likeness (QED) is 0.407. The van der Waals surface area contributed by atoms with Crippen LogP contribution in [0.3, 0.4) is 0 Å². The highest BCUT2D eigenvalue weighted by molar-refractivity contribution is 5.30. The summed E-state index contributed by atoms with van der Waals surface area (Å²) in [4.78, 5) is 0. The van der Waals surface area contributed by atoms with E-state index in [1.807, 2.05) is 0 Å². The maximum absolute atomic E-state index is 14.1. The van der Waals surface area contributed by atoms with Crippen LogP contribution >= 0.6 is 0 Å². The highest BCUT2D eigenvalue weighted by atomic mass is 19.2. The topological polar surface area (TPSA) is 0 Å². The molecule has 3 heteroatoms. The fourth-order valence-corrected chi connectivity index (χ4v) is 3.62. The minimum absolute atomic E-state index is 0.0310. The van der Waals surface area contributed by atoms with E-state index in [0.717, 1.165) is 25.7 Å². The van der Waals surface area contributed by atoms with Gasteiger partial charge in [0.2, 0.25) is 0 Å². The Bertz CT molecular complexity index is 488. The van der Waals surface area contributed by atoms with Crippen molar-refractivity contribution in [2.24, 2.45) is 5.92 Å². The first-order valence-corrected chi connectivity index (χ1v) is 8.68. The molecule has 22 heavy (non-hydrogen) atoms. The lowest BCUT2D eigenvalue weighted by Crippen LogP contribution is -2.15. The molecule has 0 saturated heterocycles. The van der Waals surface area contributed by atoms with E-state index in [2.05, 4.69) is 6.92 Å². The number of hydrogen-bond donors (Lipinski definition) is 0. The second-order valence-electron chi connectivity index (χ2n) is 6.77. The smallest absolute Gasteiger partial charge is 0.164 e. The average molecular weight is 312 g/mol. The van der Waals surface area contributed by atoms with Crippen molar-refractivity contribution in [3.05, 3.63) is 34.6 Å². The van der Waals surface area contributed by atoms with Crippen LogP contribution < -0.4 is 0 Å². The van der Waals surface area contributed by atoms with Gasteiger partial charge < -0.3 is 0 Å². The Morgan fingerprint density at radius 2 is 1.64 bits per heavy atom. The van der Waals surface area contributed by atoms with Gasteiger partial charge in [0.1, 0.15) is 5.82 Å². The molecule has 0 bridgehead atoms. The van der Waals surface area contributed by atoms with Gasteiger partial charge in [-0.2, -0.15) is 0 Å². The summed E-state index contributed by atoms with van der Waals surface area (Å²) >= 11 is 0. The number of hydrogen-bond acceptors (Lipinski definition) is 0. The molecule has 0 heterocycles. The molecule has 1 aliphatic rings. The molecule has 0 unspecified atom stereocenters. The van der Waals surface area contributed by atoms with Gasteiger partial charge in [0.25, 0.3) is 0 Å². The van der Waals surface area contributed by atoms with E-state index in [1.165, 1.54) is 45.1 Å². The summed E-state index contributed by atoms with van der Waals surface area (Å²) in [6.07, 6.45) is 10.1. The molecule has 0 atom stereocenters. The highest BCUT2D eigenvalue weighted by Crippen LogP contribution is 2.39. The summed E-state index contributed by atoms with van der Waals surface area (Å²) in [5.74, 6) is -1.81. The minimum atomic E-state index is -1.02. The van der Waals surface area contributed by atoms with Crippen LogP contribution in [0.1, 0.15) is 81.8 Å². The maximum atomic E-state index is 14.1. The molecule has 0 amide bonds. The maximum Gasteiger partial charge on any atom is 0.164 e. The average Bonchev–Trinajstić information content (AvgIpc) is 2.54. The molecule has 1 saturated carbocycles. The summed E-state index contributed by atoms with van der Waals surface area (Å²) in [6.45, 7) is 3.49. The Labute approximate surface area is 132 Å². The molecule has 124 valence electrons. The van der Waals surface area contributed by atoms with Crippen LogP contribution in [0, 0.1) is 30.3 Å². The number of unbranched alkanes of at least 4 members (excludes halogenated alkanes) is 3. The van der Waals surface area contributed by atoms with E-state index in [4.69, 9.17) is 0 Å². The van der Waals surface area contributed by atoms with Crippen LogP contribution in [0.15, 0.2) is 6.07 Å². The fourth-order valence-electron chi connectivity index (χ4n) is 3.62. The van der Waals surface area contributed by atoms with Crippen LogP contribution in [0.4, 0.5) is 13.2 Å². The number of benzene rings is 1. The Morgan fingerprint density at radius 1 is 0.955 bits per heavy atom. The molecule has 0 spiro atoms. The Morgan fingerprint density at radius 3 is 2.27 bits per heavy atom. The molecule has 2 rings (SSSR count). The monoisotopic (exact) mass is 312 g/mol. The largest absolute Gasteiger partial charge is 0.207 e. The van der Waals surface area contributed by atoms with Crippen molar-refractivity contribution in [1.29, 1.82) is 0 Å². The molecule has 0 nitrogen and oxygen atoms in total. The van der Waals surface area contributed by atoms with Crippen molar-refractivity contribution < 1.29 is 13.2 Å². The zero-order valence-corrected chi connectivity index (χ0v) is 13.7. The molecule has 1 aromatic rings. The second kappa shape index (κ2) is 8.03. The fraction of sp³-hybridized carbons (Fsp3) is 0.684. The Hall–Kier alpha value is -0.990. The van der Waals surface area contributed by atoms with E-state index < -0.39 is 17.5 Å². The van der Waals surface area contributed by atoms with Crippen LogP contribution in [-0.4, -0.2) is 0 Å². The molecule has 1 aromatic carbocycles. The molecule has 1 aliphatic carbocycles. The number of rotatable bonds is 6. The van der Waals surface area contributed by atoms with Crippen LogP contribution in [-0.2, 0) is 0 Å². The van der Waals surface area contributed by atoms with Gasteiger partial charge in [-0.3, -0.25) is 0 Å². The van der Waals surface area contributed by atoms with Crippen LogP contribution in [0.2, 0.25) is 0 Å². The molecule has 0 radical (unpaired) electrons. The lowest BCUT2D eigenvalue weighted by Gasteiger charge is -2.29. The van der Waals surface area contributed by atoms with E-state index >= 15 is 0 Å². The van der Waals surface area contributed by atoms with Crippen molar-refractivity contribution in [2.75, 3.05) is 0 Å². The summed E-state index contributed by atoms with van der Waals surface area (Å²) in [6, 6.07) is 1.21. The van der Waals surface area contributed by atoms with E-state index in [9.17, 15) is 13.2 Å². The zero-order chi connectivity index (χ0) is 16.1. The SMILES string of the molecule is CCCCCC[C@H]1CC[C@H](c2cc(F)c(C)c(F)c2F)CC1. The van der Waals surface area contributed by atoms with Crippen molar-refractivity contribution in [3.63, 3.8) is 0 Å². The van der Waals surface area contributed by atoms with Crippen molar-refractivity contribution >= 4 is 0 Å². The van der Waals surface area contributed by atoms with Gasteiger partial charge in [-0.15, -0.1) is 0 Å². The Kier molecular flexibility index (Phi) is 6.34. The van der Waals surface area contributed by atoms with Gasteiger partial charge >= 0.3 is 0 Å². The molecular formula is C19H27F3. The highest BCUT2D eigenvalue weighted by Gasteiger charge is 2.27. The van der Waals surface area contributed by atoms with Crippen molar-refractivity contribution in [1.82, 2.24) is 0 Å². The third-order valence-corrected chi connectivity index (χ3v) is 5.17. The Balaban J connectivity index is 1.92. The van der Waals surface area contributed by atoms with Gasteiger partial charge in [0, 0.05) is 5.56 Å². The van der Waals surface area contributed by atoms with Gasteiger partial charge in [0.05, 0.1) is 0 Å². The van der Waals surface area contributed by atoms with Crippen LogP contribution in [0.5, 0.6) is 0 Å². The van der Waals surface area contributed by atoms with Gasteiger partial charge in [0.15, 0.2) is 11.6 Å². The van der Waals surface area contributed by atoms with Gasteiger partial charge in [-0.05, 0) is 56.1 Å². The predicted molar refractivity (Wildman–Crippen MR) is 84.5 cm³/mol. The van der Waals surface area contributed by atoms with Crippen molar-refractivity contribution in [2.45, 2.75) is 77.6 Å². The summed E-state index contributed by atoms with van der Waals surface area (Å²) in [5, 5.41) is 0. The molecule has 0 aromatic heterocycles. The predicted octanol–water partition coefficient (Wildman–Crippen LogP) is 6.66. The summed E-state index contributed by atoms with van der Waals surface area (Å²) < 4.78 is 41.5. The molecule has 0 N–H and O–H groups in total. The van der Waals surface area contributed by atoms with Gasteiger partial charge in [-0.1, -0.05) is 39.0 Å². The lowest BCUT2D eigenvalue weighted by atomic mass is 9.76. The van der Waals surface area contributed by atoms with Gasteiger partial charge in [-0.25, -0.2) is 13.2 Å². The third-order valence-electron chi connectivity index (χ3n) is 5.17. The lowest BCUT2D eigenvalue weighted by molar-refractivity contribution is 0.296. The summed E-state index contributed by atoms with van der Waals surface area (Å²) in [5.41, 5.74) is 0.0240. The first-order valence-electron chi connectivity index (χ1n) is 8.68. The third kappa shape index (κ3) is 4.05. The first-order chi connectivity index (χ1) is 10.5. The van der Waals surface area contributed by atoms with Crippen LogP contribution in [0.25, 0.3) is 0 Å². The molecule has 0 aliphatic heterocycles. The number of halogens is 3. The van der Waals surface area contributed by atoms with Crippen molar-refractivity contribution in [3.8, 4) is 0 Å². The standard InChI is InChI=1S/C19H27F3/c1-3-4-5-6-7-14-8-10-15(11-9-14)16-12-17(20)13(2)18(21)19(16)22/h12,14-15H,3-11H2,1-2H3/t14-,15-. The second-order valence-corrected chi connectivity index (χ2v) is 6.77.